The summed E-state index contributed by atoms with van der Waals surface area (Å²) in [5, 5.41) is 27.1. The lowest BCUT2D eigenvalue weighted by atomic mass is 10.3. The van der Waals surface area contributed by atoms with Crippen molar-refractivity contribution in [3.8, 4) is 0 Å². The molecule has 1 aromatic heterocycles. The van der Waals surface area contributed by atoms with E-state index in [2.05, 4.69) is 50.8 Å². The van der Waals surface area contributed by atoms with Gasteiger partial charge in [-0.1, -0.05) is 0 Å². The predicted molar refractivity (Wildman–Crippen MR) is 178 cm³/mol. The third kappa shape index (κ3) is 26.8. The zero-order chi connectivity index (χ0) is 40.1. The van der Waals surface area contributed by atoms with Crippen molar-refractivity contribution in [2.75, 3.05) is 61.5 Å². The molecule has 6 N–H and O–H groups in total. The molecule has 3 heterocycles. The number of oxazole rings is 1. The number of ether oxygens (including phenoxy) is 6. The van der Waals surface area contributed by atoms with E-state index >= 15 is 0 Å². The quantitative estimate of drug-likeness (QED) is 0.114. The lowest BCUT2D eigenvalue weighted by molar-refractivity contribution is -0.146. The first-order chi connectivity index (χ1) is 23.9. The highest BCUT2D eigenvalue weighted by Crippen LogP contribution is 2.05. The molecule has 51 heavy (non-hydrogen) atoms. The van der Waals surface area contributed by atoms with E-state index in [4.69, 9.17) is 34.9 Å². The highest BCUT2D eigenvalue weighted by Gasteiger charge is 2.24. The molecule has 0 saturated heterocycles. The van der Waals surface area contributed by atoms with Gasteiger partial charge in [-0.2, -0.15) is 0 Å². The highest BCUT2D eigenvalue weighted by atomic mass is 35.5. The van der Waals surface area contributed by atoms with E-state index in [0.717, 1.165) is 0 Å². The normalized spacial score (nSPS) is 15.8. The molecule has 0 aliphatic carbocycles. The maximum atomic E-state index is 10.8. The summed E-state index contributed by atoms with van der Waals surface area (Å²) >= 11 is 4.64. The fraction of sp³-hybridized carbons (Fsp3) is 0.621. The minimum Gasteiger partial charge on any atom is -0.479 e. The van der Waals surface area contributed by atoms with Gasteiger partial charge in [-0.25, -0.2) is 29.4 Å². The van der Waals surface area contributed by atoms with Crippen molar-refractivity contribution >= 4 is 58.4 Å². The second-order valence-electron chi connectivity index (χ2n) is 9.28. The molecule has 21 nitrogen and oxygen atoms in total. The predicted octanol–water partition coefficient (Wildman–Crippen LogP) is -1.55. The summed E-state index contributed by atoms with van der Waals surface area (Å²) in [4.78, 5) is 73.5. The number of aliphatic imine (C=N–C) groups is 2. The van der Waals surface area contributed by atoms with Crippen LogP contribution in [-0.2, 0) is 52.4 Å². The van der Waals surface area contributed by atoms with Gasteiger partial charge in [0.1, 0.15) is 31.6 Å². The number of amides is 1. The van der Waals surface area contributed by atoms with E-state index in [-0.39, 0.29) is 42.1 Å². The van der Waals surface area contributed by atoms with Crippen LogP contribution in [0.25, 0.3) is 0 Å². The highest BCUT2D eigenvalue weighted by molar-refractivity contribution is 6.62. The second-order valence-corrected chi connectivity index (χ2v) is 9.81. The van der Waals surface area contributed by atoms with Crippen molar-refractivity contribution in [1.29, 1.82) is 0 Å². The lowest BCUT2D eigenvalue weighted by Gasteiger charge is -2.11. The van der Waals surface area contributed by atoms with Gasteiger partial charge in [0.15, 0.2) is 35.5 Å². The SMILES string of the molecule is CC(=O)Cl.CC1=NC(CO)CO1.COC(=O)C(CO)NC(C)=O.COC(=O)C(N)CO.COC(=O)C1COC(C)=N1.COC(=O)c1coc(C)n1. The van der Waals surface area contributed by atoms with Crippen LogP contribution in [0.3, 0.4) is 0 Å². The maximum Gasteiger partial charge on any atom is 0.360 e. The number of carbonyl (C=O) groups is 6. The topological polar surface area (TPSA) is 307 Å². The molecular formula is C29H48ClN5O16. The Bertz CT molecular complexity index is 1270. The number of nitrogens with two attached hydrogens (primary N) is 1. The Balaban J connectivity index is -0.000000552. The molecule has 2 aliphatic rings. The fourth-order valence-corrected chi connectivity index (χ4v) is 2.75. The average Bonchev–Trinajstić information content (AvgIpc) is 3.87. The smallest absolute Gasteiger partial charge is 0.360 e. The van der Waals surface area contributed by atoms with Crippen molar-refractivity contribution in [3.05, 3.63) is 17.8 Å². The van der Waals surface area contributed by atoms with Crippen LogP contribution in [0.5, 0.6) is 0 Å². The molecule has 3 rings (SSSR count). The number of aryl methyl sites for hydroxylation is 1. The van der Waals surface area contributed by atoms with Crippen LogP contribution >= 0.6 is 11.6 Å². The number of carbonyl (C=O) groups excluding carboxylic acids is 6. The van der Waals surface area contributed by atoms with Gasteiger partial charge < -0.3 is 59.2 Å². The van der Waals surface area contributed by atoms with E-state index in [9.17, 15) is 28.8 Å². The van der Waals surface area contributed by atoms with Gasteiger partial charge in [0.2, 0.25) is 11.1 Å². The molecule has 0 radical (unpaired) electrons. The van der Waals surface area contributed by atoms with E-state index in [1.54, 1.807) is 20.8 Å². The minimum atomic E-state index is -0.947. The van der Waals surface area contributed by atoms with Crippen LogP contribution in [-0.4, -0.2) is 153 Å². The van der Waals surface area contributed by atoms with E-state index in [0.29, 0.717) is 30.9 Å². The second kappa shape index (κ2) is 30.2. The number of esters is 4. The van der Waals surface area contributed by atoms with E-state index in [1.165, 1.54) is 48.5 Å². The third-order valence-corrected chi connectivity index (χ3v) is 5.08. The summed E-state index contributed by atoms with van der Waals surface area (Å²) in [5.74, 6) is -0.738. The van der Waals surface area contributed by atoms with E-state index < -0.39 is 42.6 Å². The molecule has 22 heteroatoms. The molecule has 0 bridgehead atoms. The molecular weight excluding hydrogens is 710 g/mol. The largest absolute Gasteiger partial charge is 0.479 e. The summed E-state index contributed by atoms with van der Waals surface area (Å²) < 4.78 is 32.0. The van der Waals surface area contributed by atoms with Gasteiger partial charge in [-0.15, -0.1) is 0 Å². The molecule has 1 aromatic rings. The van der Waals surface area contributed by atoms with Crippen LogP contribution in [0.2, 0.25) is 0 Å². The van der Waals surface area contributed by atoms with Crippen molar-refractivity contribution < 1.29 is 76.9 Å². The molecule has 0 fully saturated rings. The number of hydrogen-bond donors (Lipinski definition) is 5. The Morgan fingerprint density at radius 2 is 1.41 bits per heavy atom. The third-order valence-electron chi connectivity index (χ3n) is 5.08. The zero-order valence-electron chi connectivity index (χ0n) is 29.9. The first kappa shape index (κ1) is 50.7. The van der Waals surface area contributed by atoms with Crippen LogP contribution in [0, 0.1) is 6.92 Å². The summed E-state index contributed by atoms with van der Waals surface area (Å²) in [7, 11) is 5.04. The van der Waals surface area contributed by atoms with Gasteiger partial charge in [0.05, 0.1) is 48.3 Å². The molecule has 4 unspecified atom stereocenters. The molecule has 0 aromatic carbocycles. The number of methoxy groups -OCH3 is 4. The summed E-state index contributed by atoms with van der Waals surface area (Å²) in [6.07, 6.45) is 1.27. The zero-order valence-corrected chi connectivity index (χ0v) is 30.6. The molecule has 0 spiro atoms. The Hall–Kier alpha value is -4.70. The van der Waals surface area contributed by atoms with Crippen molar-refractivity contribution in [2.24, 2.45) is 15.7 Å². The Labute approximate surface area is 299 Å². The van der Waals surface area contributed by atoms with Crippen LogP contribution in [0.4, 0.5) is 0 Å². The first-order valence-corrected chi connectivity index (χ1v) is 14.8. The number of nitrogens with one attached hydrogen (secondary N) is 1. The molecule has 4 atom stereocenters. The minimum absolute atomic E-state index is 0.00463. The summed E-state index contributed by atoms with van der Waals surface area (Å²) in [6.45, 7) is 7.84. The van der Waals surface area contributed by atoms with Gasteiger partial charge in [-0.3, -0.25) is 14.4 Å². The first-order valence-electron chi connectivity index (χ1n) is 14.5. The number of aromatic nitrogens is 1. The van der Waals surface area contributed by atoms with Gasteiger partial charge in [0, 0.05) is 34.6 Å². The van der Waals surface area contributed by atoms with Crippen molar-refractivity contribution in [3.63, 3.8) is 0 Å². The van der Waals surface area contributed by atoms with Gasteiger partial charge in [-0.05, 0) is 11.6 Å². The maximum absolute atomic E-state index is 10.8. The average molecular weight is 758 g/mol. The van der Waals surface area contributed by atoms with Crippen molar-refractivity contribution in [2.45, 2.75) is 58.8 Å². The van der Waals surface area contributed by atoms with Crippen LogP contribution < -0.4 is 11.1 Å². The van der Waals surface area contributed by atoms with Gasteiger partial charge >= 0.3 is 23.9 Å². The molecule has 1 amide bonds. The summed E-state index contributed by atoms with van der Waals surface area (Å²) in [6, 6.07) is -2.28. The van der Waals surface area contributed by atoms with Crippen LogP contribution in [0.15, 0.2) is 20.7 Å². The number of halogens is 1. The number of hydrogen-bond acceptors (Lipinski definition) is 20. The van der Waals surface area contributed by atoms with Crippen molar-refractivity contribution in [1.82, 2.24) is 10.3 Å². The number of rotatable bonds is 8. The Kier molecular flexibility index (Phi) is 30.0. The lowest BCUT2D eigenvalue weighted by Crippen LogP contribution is -2.42. The molecule has 2 aliphatic heterocycles. The number of nitrogens with zero attached hydrogens (tertiary/aromatic N) is 3. The molecule has 292 valence electrons. The van der Waals surface area contributed by atoms with E-state index in [1.807, 2.05) is 0 Å². The van der Waals surface area contributed by atoms with Gasteiger partial charge in [0.25, 0.3) is 0 Å². The Morgan fingerprint density at radius 3 is 1.69 bits per heavy atom. The standard InChI is InChI=1S/C6H11NO4.C6H9NO3.C6H7NO3.C5H9NO2.C4H9NO3.C2H3ClO/c1-4(9)7-5(3-8)6(10)11-2;2*1-4-7-5(3-10-4)6(8)9-2;1-4-6-5(2-7)3-8-4;1-8-4(7)3(5)2-6;1-2(3)4/h5,8H,3H2,1-2H3,(H,7,9);5H,3H2,1-2H3;3H,1-2H3;5,7H,2-3H2,1H3;3,6H,2,5H2,1H3;1H3. The number of aliphatic hydroxyl groups is 3. The molecule has 0 saturated carbocycles. The Morgan fingerprint density at radius 1 is 0.882 bits per heavy atom. The fourth-order valence-electron chi connectivity index (χ4n) is 2.75. The van der Waals surface area contributed by atoms with Crippen LogP contribution in [0.1, 0.15) is 44.1 Å². The summed E-state index contributed by atoms with van der Waals surface area (Å²) in [5.41, 5.74) is 5.21. The monoisotopic (exact) mass is 757 g/mol. The number of aliphatic hydroxyl groups excluding tert-OH is 3.